The Morgan fingerprint density at radius 1 is 1.62 bits per heavy atom. The maximum Gasteiger partial charge on any atom is 0.202 e. The van der Waals surface area contributed by atoms with Crippen LogP contribution < -0.4 is 0 Å². The van der Waals surface area contributed by atoms with Crippen molar-refractivity contribution in [3.8, 4) is 0 Å². The fraction of sp³-hybridized carbons (Fsp3) is 0.857. The lowest BCUT2D eigenvalue weighted by Gasteiger charge is -2.40. The molecule has 0 aromatic rings. The first kappa shape index (κ1) is 5.80. The highest BCUT2D eigenvalue weighted by molar-refractivity contribution is 5.57. The van der Waals surface area contributed by atoms with Gasteiger partial charge in [-0.25, -0.2) is 0 Å². The van der Waals surface area contributed by atoms with E-state index in [1.807, 2.05) is 6.29 Å². The van der Waals surface area contributed by atoms with Gasteiger partial charge < -0.3 is 0 Å². The molecule has 8 heavy (non-hydrogen) atoms. The summed E-state index contributed by atoms with van der Waals surface area (Å²) >= 11 is 0. The first-order valence-electron chi connectivity index (χ1n) is 3.04. The molecule has 0 saturated heterocycles. The average molecular weight is 111 g/mol. The molecular weight excluding hydrogens is 100 g/mol. The molecule has 1 nitrogen and oxygen atoms in total. The predicted octanol–water partition coefficient (Wildman–Crippen LogP) is 1.53. The molecule has 0 bridgehead atoms. The zero-order chi connectivity index (χ0) is 6.20. The molecule has 0 aliphatic heterocycles. The highest BCUT2D eigenvalue weighted by Gasteiger charge is 2.38. The maximum absolute atomic E-state index is 10.1. The van der Waals surface area contributed by atoms with Crippen LogP contribution in [-0.4, -0.2) is 6.29 Å². The molecule has 1 rings (SSSR count). The summed E-state index contributed by atoms with van der Waals surface area (Å²) < 4.78 is 0. The molecule has 0 N–H and O–H groups in total. The van der Waals surface area contributed by atoms with Crippen LogP contribution in [0.25, 0.3) is 0 Å². The Balaban J connectivity index is 2.49. The van der Waals surface area contributed by atoms with Crippen LogP contribution in [0.5, 0.6) is 0 Å². The van der Waals surface area contributed by atoms with Crippen molar-refractivity contribution >= 4 is 6.29 Å². The molecule has 1 radical (unpaired) electrons. The Kier molecular flexibility index (Phi) is 1.14. The van der Waals surface area contributed by atoms with Gasteiger partial charge in [0.1, 0.15) is 0 Å². The molecule has 0 heterocycles. The zero-order valence-electron chi connectivity index (χ0n) is 5.40. The van der Waals surface area contributed by atoms with E-state index in [1.165, 1.54) is 6.42 Å². The van der Waals surface area contributed by atoms with E-state index in [0.717, 1.165) is 6.42 Å². The second kappa shape index (κ2) is 1.57. The lowest BCUT2D eigenvalue weighted by Crippen LogP contribution is -2.35. The first-order valence-corrected chi connectivity index (χ1v) is 3.04. The molecular formula is C7H11O. The average Bonchev–Trinajstić information content (AvgIpc) is 1.66. The van der Waals surface area contributed by atoms with Gasteiger partial charge in [0.2, 0.25) is 6.29 Å². The monoisotopic (exact) mass is 111 g/mol. The smallest absolute Gasteiger partial charge is 0.202 e. The Morgan fingerprint density at radius 3 is 2.25 bits per heavy atom. The summed E-state index contributed by atoms with van der Waals surface area (Å²) in [5.74, 6) is 0.225. The Bertz CT molecular complexity index is 105. The Hall–Kier alpha value is -0.330. The van der Waals surface area contributed by atoms with Crippen LogP contribution in [0, 0.1) is 11.3 Å². The third-order valence-electron chi connectivity index (χ3n) is 2.16. The van der Waals surface area contributed by atoms with E-state index in [2.05, 4.69) is 13.8 Å². The largest absolute Gasteiger partial charge is 0.291 e. The lowest BCUT2D eigenvalue weighted by atomic mass is 9.63. The summed E-state index contributed by atoms with van der Waals surface area (Å²) in [5.41, 5.74) is 0.266. The fourth-order valence-corrected chi connectivity index (χ4v) is 1.08. The van der Waals surface area contributed by atoms with Crippen molar-refractivity contribution in [2.45, 2.75) is 26.7 Å². The standard InChI is InChI=1S/C7H11O/c1-7(2)4-3-6(7)5-8/h6H,3-4H2,1-2H3. The molecule has 1 aliphatic rings. The summed E-state index contributed by atoms with van der Waals surface area (Å²) in [7, 11) is 0. The third-order valence-corrected chi connectivity index (χ3v) is 2.16. The molecule has 0 aromatic heterocycles. The highest BCUT2D eigenvalue weighted by Crippen LogP contribution is 2.44. The topological polar surface area (TPSA) is 17.1 Å². The number of hydrogen-bond acceptors (Lipinski definition) is 1. The third kappa shape index (κ3) is 0.662. The van der Waals surface area contributed by atoms with Crippen molar-refractivity contribution in [2.24, 2.45) is 11.3 Å². The molecule has 1 fully saturated rings. The number of carbonyl (C=O) groups excluding carboxylic acids is 1. The Labute approximate surface area is 50.1 Å². The van der Waals surface area contributed by atoms with Crippen LogP contribution in [-0.2, 0) is 4.79 Å². The highest BCUT2D eigenvalue weighted by atomic mass is 16.1. The normalized spacial score (nSPS) is 33.5. The van der Waals surface area contributed by atoms with Gasteiger partial charge in [-0.3, -0.25) is 4.79 Å². The van der Waals surface area contributed by atoms with E-state index >= 15 is 0 Å². The van der Waals surface area contributed by atoms with Gasteiger partial charge in [0.25, 0.3) is 0 Å². The Morgan fingerprint density at radius 2 is 2.25 bits per heavy atom. The molecule has 0 spiro atoms. The van der Waals surface area contributed by atoms with Gasteiger partial charge in [0, 0.05) is 5.92 Å². The van der Waals surface area contributed by atoms with Crippen molar-refractivity contribution in [1.82, 2.24) is 0 Å². The molecule has 1 unspecified atom stereocenters. The lowest BCUT2D eigenvalue weighted by molar-refractivity contribution is 0.127. The van der Waals surface area contributed by atoms with E-state index in [4.69, 9.17) is 0 Å². The van der Waals surface area contributed by atoms with Gasteiger partial charge >= 0.3 is 0 Å². The molecule has 1 heteroatoms. The summed E-state index contributed by atoms with van der Waals surface area (Å²) in [6.45, 7) is 4.23. The second-order valence-electron chi connectivity index (χ2n) is 3.20. The zero-order valence-corrected chi connectivity index (χ0v) is 5.40. The van der Waals surface area contributed by atoms with Crippen molar-refractivity contribution in [1.29, 1.82) is 0 Å². The van der Waals surface area contributed by atoms with Crippen LogP contribution in [0.2, 0.25) is 0 Å². The number of hydrogen-bond donors (Lipinski definition) is 0. The van der Waals surface area contributed by atoms with E-state index in [0.29, 0.717) is 0 Å². The van der Waals surface area contributed by atoms with Gasteiger partial charge in [-0.15, -0.1) is 0 Å². The van der Waals surface area contributed by atoms with Crippen molar-refractivity contribution in [2.75, 3.05) is 0 Å². The molecule has 45 valence electrons. The predicted molar refractivity (Wildman–Crippen MR) is 32.2 cm³/mol. The molecule has 0 amide bonds. The summed E-state index contributed by atoms with van der Waals surface area (Å²) in [6, 6.07) is 0. The first-order chi connectivity index (χ1) is 3.67. The van der Waals surface area contributed by atoms with Crippen LogP contribution in [0.4, 0.5) is 0 Å². The van der Waals surface area contributed by atoms with Crippen LogP contribution in [0.1, 0.15) is 26.7 Å². The minimum atomic E-state index is 0.225. The quantitative estimate of drug-likeness (QED) is 0.501. The summed E-state index contributed by atoms with van der Waals surface area (Å²) in [4.78, 5) is 10.1. The van der Waals surface area contributed by atoms with Crippen molar-refractivity contribution < 1.29 is 4.79 Å². The SMILES string of the molecule is CC1(C)CCC1[C]=O. The van der Waals surface area contributed by atoms with Crippen molar-refractivity contribution in [3.05, 3.63) is 0 Å². The maximum atomic E-state index is 10.1. The van der Waals surface area contributed by atoms with Crippen LogP contribution in [0.3, 0.4) is 0 Å². The minimum Gasteiger partial charge on any atom is -0.291 e. The minimum absolute atomic E-state index is 0.225. The van der Waals surface area contributed by atoms with Crippen molar-refractivity contribution in [3.63, 3.8) is 0 Å². The van der Waals surface area contributed by atoms with Gasteiger partial charge in [0.15, 0.2) is 0 Å². The second-order valence-corrected chi connectivity index (χ2v) is 3.20. The van der Waals surface area contributed by atoms with Gasteiger partial charge in [-0.1, -0.05) is 13.8 Å². The van der Waals surface area contributed by atoms with E-state index < -0.39 is 0 Å². The molecule has 1 saturated carbocycles. The van der Waals surface area contributed by atoms with E-state index in [1.54, 1.807) is 0 Å². The van der Waals surface area contributed by atoms with Crippen LogP contribution >= 0.6 is 0 Å². The molecule has 1 aliphatic carbocycles. The van der Waals surface area contributed by atoms with Gasteiger partial charge in [-0.05, 0) is 18.3 Å². The summed E-state index contributed by atoms with van der Waals surface area (Å²) in [5, 5.41) is 0. The van der Waals surface area contributed by atoms with Gasteiger partial charge in [-0.2, -0.15) is 0 Å². The van der Waals surface area contributed by atoms with E-state index in [-0.39, 0.29) is 11.3 Å². The molecule has 1 atom stereocenters. The molecule has 0 aromatic carbocycles. The van der Waals surface area contributed by atoms with E-state index in [9.17, 15) is 4.79 Å². The number of rotatable bonds is 1. The van der Waals surface area contributed by atoms with Crippen LogP contribution in [0.15, 0.2) is 0 Å². The van der Waals surface area contributed by atoms with Gasteiger partial charge in [0.05, 0.1) is 0 Å². The summed E-state index contributed by atoms with van der Waals surface area (Å²) in [6.07, 6.45) is 4.28. The fourth-order valence-electron chi connectivity index (χ4n) is 1.08.